The molecule has 1 spiro atoms. The molecule has 0 saturated heterocycles. The number of thiophene rings is 1. The zero-order valence-corrected chi connectivity index (χ0v) is 21.5. The van der Waals surface area contributed by atoms with Crippen molar-refractivity contribution in [1.82, 2.24) is 24.5 Å². The van der Waals surface area contributed by atoms with E-state index in [9.17, 15) is 18.4 Å². The molecule has 3 aliphatic carbocycles. The van der Waals surface area contributed by atoms with Gasteiger partial charge >= 0.3 is 5.97 Å². The first-order chi connectivity index (χ1) is 17.8. The topological polar surface area (TPSA) is 104 Å². The highest BCUT2D eigenvalue weighted by Gasteiger charge is 2.65. The van der Waals surface area contributed by atoms with Crippen molar-refractivity contribution >= 4 is 34.9 Å². The summed E-state index contributed by atoms with van der Waals surface area (Å²) in [6.45, 7) is 2.04. The third-order valence-corrected chi connectivity index (χ3v) is 9.21. The van der Waals surface area contributed by atoms with Crippen molar-refractivity contribution in [2.45, 2.75) is 64.3 Å². The Bertz CT molecular complexity index is 1370. The van der Waals surface area contributed by atoms with Crippen LogP contribution in [-0.2, 0) is 35.8 Å². The van der Waals surface area contributed by atoms with Gasteiger partial charge < -0.3 is 10.1 Å². The number of hydrogen-bond acceptors (Lipinski definition) is 8. The molecule has 37 heavy (non-hydrogen) atoms. The van der Waals surface area contributed by atoms with E-state index in [1.165, 1.54) is 10.7 Å². The molecule has 196 valence electrons. The molecule has 12 heteroatoms. The quantitative estimate of drug-likeness (QED) is 0.404. The van der Waals surface area contributed by atoms with Gasteiger partial charge in [0, 0.05) is 41.2 Å². The lowest BCUT2D eigenvalue weighted by molar-refractivity contribution is -0.119. The average Bonchev–Trinajstić information content (AvgIpc) is 3.62. The van der Waals surface area contributed by atoms with Crippen LogP contribution in [0.4, 0.5) is 20.5 Å². The van der Waals surface area contributed by atoms with Gasteiger partial charge in [-0.05, 0) is 56.4 Å². The Morgan fingerprint density at radius 1 is 1.35 bits per heavy atom. The van der Waals surface area contributed by atoms with Crippen LogP contribution < -0.4 is 5.32 Å². The highest BCUT2D eigenvalue weighted by Crippen LogP contribution is 2.71. The minimum atomic E-state index is -2.67. The lowest BCUT2D eigenvalue weighted by atomic mass is 9.90. The number of ketones is 1. The first kappa shape index (κ1) is 24.2. The molecule has 2 atom stereocenters. The number of esters is 1. The predicted octanol–water partition coefficient (Wildman–Crippen LogP) is 4.57. The summed E-state index contributed by atoms with van der Waals surface area (Å²) < 4.78 is 34.8. The fraction of sp³-hybridized carbons (Fsp3) is 0.560. The van der Waals surface area contributed by atoms with Crippen molar-refractivity contribution < 1.29 is 23.1 Å². The van der Waals surface area contributed by atoms with E-state index in [0.717, 1.165) is 47.4 Å². The van der Waals surface area contributed by atoms with Crippen LogP contribution in [0.5, 0.6) is 0 Å². The molecule has 1 N–H and O–H groups in total. The van der Waals surface area contributed by atoms with Crippen LogP contribution in [-0.4, -0.2) is 42.9 Å². The minimum absolute atomic E-state index is 0.0581. The van der Waals surface area contributed by atoms with E-state index in [1.807, 2.05) is 4.57 Å². The van der Waals surface area contributed by atoms with Gasteiger partial charge in [-0.3, -0.25) is 14.0 Å². The Hall–Kier alpha value is -3.15. The number of rotatable bonds is 9. The summed E-state index contributed by atoms with van der Waals surface area (Å²) in [6, 6.07) is 1.23. The summed E-state index contributed by atoms with van der Waals surface area (Å²) >= 11 is 1.56. The largest absolute Gasteiger partial charge is 0.462 e. The Morgan fingerprint density at radius 3 is 2.84 bits per heavy atom. The number of carbonyl (C=O) groups excluding carboxylic acids is 2. The van der Waals surface area contributed by atoms with Gasteiger partial charge in [-0.2, -0.15) is 5.10 Å². The normalized spacial score (nSPS) is 21.2. The van der Waals surface area contributed by atoms with Gasteiger partial charge in [0.2, 0.25) is 5.95 Å². The smallest absolute Gasteiger partial charge is 0.339 e. The second kappa shape index (κ2) is 9.00. The van der Waals surface area contributed by atoms with Crippen LogP contribution in [0.1, 0.15) is 76.4 Å². The van der Waals surface area contributed by atoms with E-state index in [-0.39, 0.29) is 47.8 Å². The molecule has 0 amide bonds. The number of alkyl halides is 2. The van der Waals surface area contributed by atoms with Crippen LogP contribution in [0.3, 0.4) is 0 Å². The summed E-state index contributed by atoms with van der Waals surface area (Å²) in [5.74, 6) is 0.791. The predicted molar refractivity (Wildman–Crippen MR) is 131 cm³/mol. The maximum absolute atomic E-state index is 13.1. The molecule has 3 heterocycles. The molecule has 0 aliphatic heterocycles. The SMILES string of the molecule is CCOC(=O)c1c(CC(=O)[C@H]2CC23CC3)sc2c1C[C@@H](n1cnnc1Nc1cc(C(F)F)nn1C)CC2. The Morgan fingerprint density at radius 2 is 2.16 bits per heavy atom. The molecular weight excluding hydrogens is 502 g/mol. The molecular formula is C25H28F2N6O3S. The van der Waals surface area contributed by atoms with Gasteiger partial charge in [0.05, 0.1) is 12.2 Å². The molecule has 3 aliphatic rings. The summed E-state index contributed by atoms with van der Waals surface area (Å²) in [6.07, 6.45) is 4.59. The van der Waals surface area contributed by atoms with E-state index in [4.69, 9.17) is 4.74 Å². The van der Waals surface area contributed by atoms with Gasteiger partial charge in [-0.15, -0.1) is 21.5 Å². The zero-order chi connectivity index (χ0) is 25.9. The van der Waals surface area contributed by atoms with E-state index >= 15 is 0 Å². The Balaban J connectivity index is 1.26. The van der Waals surface area contributed by atoms with Gasteiger partial charge in [0.25, 0.3) is 6.43 Å². The highest BCUT2D eigenvalue weighted by molar-refractivity contribution is 7.12. The van der Waals surface area contributed by atoms with Crippen LogP contribution in [0.15, 0.2) is 12.4 Å². The molecule has 0 bridgehead atoms. The molecule has 0 aromatic carbocycles. The van der Waals surface area contributed by atoms with Crippen molar-refractivity contribution in [2.24, 2.45) is 18.4 Å². The first-order valence-corrected chi connectivity index (χ1v) is 13.4. The Labute approximate surface area is 216 Å². The van der Waals surface area contributed by atoms with Crippen LogP contribution in [0, 0.1) is 11.3 Å². The minimum Gasteiger partial charge on any atom is -0.462 e. The van der Waals surface area contributed by atoms with Crippen molar-refractivity contribution in [3.8, 4) is 0 Å². The number of carbonyl (C=O) groups is 2. The summed E-state index contributed by atoms with van der Waals surface area (Å²) in [5.41, 5.74) is 1.43. The number of anilines is 2. The second-order valence-corrected chi connectivity index (χ2v) is 11.4. The maximum Gasteiger partial charge on any atom is 0.339 e. The van der Waals surface area contributed by atoms with Crippen molar-refractivity contribution in [2.75, 3.05) is 11.9 Å². The second-order valence-electron chi connectivity index (χ2n) is 10.2. The molecule has 9 nitrogen and oxygen atoms in total. The lowest BCUT2D eigenvalue weighted by Crippen LogP contribution is -2.21. The van der Waals surface area contributed by atoms with E-state index in [0.29, 0.717) is 23.8 Å². The van der Waals surface area contributed by atoms with Gasteiger partial charge in [0.1, 0.15) is 23.6 Å². The number of Topliss-reactive ketones (excluding diaryl/α,β-unsaturated/α-hetero) is 1. The number of nitrogens with one attached hydrogen (secondary N) is 1. The fourth-order valence-corrected chi connectivity index (χ4v) is 7.00. The molecule has 2 fully saturated rings. The van der Waals surface area contributed by atoms with E-state index < -0.39 is 6.43 Å². The molecule has 6 rings (SSSR count). The van der Waals surface area contributed by atoms with Crippen molar-refractivity contribution in [1.29, 1.82) is 0 Å². The Kier molecular flexibility index (Phi) is 5.89. The zero-order valence-electron chi connectivity index (χ0n) is 20.7. The average molecular weight is 531 g/mol. The number of aromatic nitrogens is 5. The van der Waals surface area contributed by atoms with E-state index in [2.05, 4.69) is 20.6 Å². The van der Waals surface area contributed by atoms with E-state index in [1.54, 1.807) is 31.6 Å². The number of aryl methyl sites for hydroxylation is 2. The molecule has 3 aromatic heterocycles. The number of halogens is 2. The van der Waals surface area contributed by atoms with Crippen LogP contribution >= 0.6 is 11.3 Å². The summed E-state index contributed by atoms with van der Waals surface area (Å²) in [4.78, 5) is 28.0. The van der Waals surface area contributed by atoms with Gasteiger partial charge in [-0.25, -0.2) is 13.6 Å². The molecule has 0 radical (unpaired) electrons. The number of fused-ring (bicyclic) bond motifs is 1. The molecule has 0 unspecified atom stereocenters. The first-order valence-electron chi connectivity index (χ1n) is 12.6. The van der Waals surface area contributed by atoms with Gasteiger partial charge in [-0.1, -0.05) is 0 Å². The summed E-state index contributed by atoms with van der Waals surface area (Å²) in [5, 5.41) is 15.1. The lowest BCUT2D eigenvalue weighted by Gasteiger charge is -2.25. The number of ether oxygens (including phenoxy) is 1. The van der Waals surface area contributed by atoms with Crippen molar-refractivity contribution in [3.63, 3.8) is 0 Å². The molecule has 2 saturated carbocycles. The maximum atomic E-state index is 13.1. The van der Waals surface area contributed by atoms with Crippen LogP contribution in [0.2, 0.25) is 0 Å². The van der Waals surface area contributed by atoms with Crippen molar-refractivity contribution in [3.05, 3.63) is 39.0 Å². The number of nitrogens with zero attached hydrogens (tertiary/aromatic N) is 5. The van der Waals surface area contributed by atoms with Gasteiger partial charge in [0.15, 0.2) is 0 Å². The standard InChI is InChI=1S/C25H28F2N6O3S/c1-3-36-23(35)21-14-8-13(4-5-18(14)37-19(21)10-17(34)15-11-25(15)6-7-25)33-12-28-30-24(33)29-20-9-16(22(26)27)31-32(20)2/h9,12-13,15,22H,3-8,10-11H2,1-2H3,(H,29,30)/t13-,15+/m0/s1. The highest BCUT2D eigenvalue weighted by atomic mass is 32.1. The number of hydrogen-bond donors (Lipinski definition) is 1. The van der Waals surface area contributed by atoms with Crippen LogP contribution in [0.25, 0.3) is 0 Å². The molecule has 3 aromatic rings. The third-order valence-electron chi connectivity index (χ3n) is 7.92. The third kappa shape index (κ3) is 4.34. The fourth-order valence-electron chi connectivity index (χ4n) is 5.65. The summed E-state index contributed by atoms with van der Waals surface area (Å²) in [7, 11) is 1.58. The monoisotopic (exact) mass is 530 g/mol.